The second kappa shape index (κ2) is 9.06. The standard InChI is InChI=1S/C22H23F3N2O/c23-22(24,25)20-9-5-6-17(14-20)10-11-21(28)26-15-18-7-1-2-8-19(18)16-27-12-3-4-13-27/h1-2,5-11,14H,3-4,12-13,15-16H2,(H,26,28)/b11-10+. The molecule has 6 heteroatoms. The van der Waals surface area contributed by atoms with Crippen molar-refractivity contribution in [3.8, 4) is 0 Å². The summed E-state index contributed by atoms with van der Waals surface area (Å²) in [7, 11) is 0. The van der Waals surface area contributed by atoms with Crippen molar-refractivity contribution in [1.29, 1.82) is 0 Å². The first kappa shape index (κ1) is 20.1. The fourth-order valence-electron chi connectivity index (χ4n) is 3.30. The third kappa shape index (κ3) is 5.70. The van der Waals surface area contributed by atoms with Crippen LogP contribution in [0, 0.1) is 0 Å². The summed E-state index contributed by atoms with van der Waals surface area (Å²) >= 11 is 0. The number of amides is 1. The molecule has 0 unspecified atom stereocenters. The topological polar surface area (TPSA) is 32.3 Å². The van der Waals surface area contributed by atoms with Gasteiger partial charge < -0.3 is 5.32 Å². The molecule has 1 aliphatic rings. The highest BCUT2D eigenvalue weighted by atomic mass is 19.4. The lowest BCUT2D eigenvalue weighted by Crippen LogP contribution is -2.23. The van der Waals surface area contributed by atoms with Crippen LogP contribution in [-0.2, 0) is 24.1 Å². The Hall–Kier alpha value is -2.60. The minimum atomic E-state index is -4.40. The minimum Gasteiger partial charge on any atom is -0.348 e. The highest BCUT2D eigenvalue weighted by Gasteiger charge is 2.30. The van der Waals surface area contributed by atoms with Crippen LogP contribution in [0.15, 0.2) is 54.6 Å². The fraction of sp³-hybridized carbons (Fsp3) is 0.318. The second-order valence-electron chi connectivity index (χ2n) is 6.93. The van der Waals surface area contributed by atoms with Gasteiger partial charge in [0.25, 0.3) is 0 Å². The Labute approximate surface area is 162 Å². The van der Waals surface area contributed by atoms with Crippen LogP contribution in [0.5, 0.6) is 0 Å². The summed E-state index contributed by atoms with van der Waals surface area (Å²) in [5.74, 6) is -0.339. The summed E-state index contributed by atoms with van der Waals surface area (Å²) in [5.41, 5.74) is 1.84. The maximum atomic E-state index is 12.8. The van der Waals surface area contributed by atoms with Crippen LogP contribution in [0.4, 0.5) is 13.2 Å². The van der Waals surface area contributed by atoms with E-state index in [4.69, 9.17) is 0 Å². The number of nitrogens with one attached hydrogen (secondary N) is 1. The molecule has 0 bridgehead atoms. The van der Waals surface area contributed by atoms with E-state index >= 15 is 0 Å². The van der Waals surface area contributed by atoms with Crippen molar-refractivity contribution in [2.45, 2.75) is 32.1 Å². The summed E-state index contributed by atoms with van der Waals surface area (Å²) in [6.07, 6.45) is 0.697. The van der Waals surface area contributed by atoms with Crippen molar-refractivity contribution in [2.24, 2.45) is 0 Å². The predicted molar refractivity (Wildman–Crippen MR) is 103 cm³/mol. The van der Waals surface area contributed by atoms with Gasteiger partial charge in [0.05, 0.1) is 5.56 Å². The number of alkyl halides is 3. The third-order valence-corrected chi connectivity index (χ3v) is 4.81. The average molecular weight is 388 g/mol. The zero-order valence-electron chi connectivity index (χ0n) is 15.5. The van der Waals surface area contributed by atoms with Crippen molar-refractivity contribution in [1.82, 2.24) is 10.2 Å². The zero-order valence-corrected chi connectivity index (χ0v) is 15.5. The van der Waals surface area contributed by atoms with Crippen molar-refractivity contribution < 1.29 is 18.0 Å². The predicted octanol–water partition coefficient (Wildman–Crippen LogP) is 4.63. The third-order valence-electron chi connectivity index (χ3n) is 4.81. The van der Waals surface area contributed by atoms with Gasteiger partial charge in [0.1, 0.15) is 0 Å². The van der Waals surface area contributed by atoms with Crippen LogP contribution >= 0.6 is 0 Å². The molecule has 0 atom stereocenters. The molecular formula is C22H23F3N2O. The Balaban J connectivity index is 1.58. The lowest BCUT2D eigenvalue weighted by atomic mass is 10.1. The molecule has 0 radical (unpaired) electrons. The number of nitrogens with zero attached hydrogens (tertiary/aromatic N) is 1. The molecule has 28 heavy (non-hydrogen) atoms. The average Bonchev–Trinajstić information content (AvgIpc) is 3.18. The Morgan fingerprint density at radius 1 is 1.04 bits per heavy atom. The molecule has 1 heterocycles. The summed E-state index contributed by atoms with van der Waals surface area (Å²) < 4.78 is 38.3. The van der Waals surface area contributed by atoms with E-state index < -0.39 is 11.7 Å². The highest BCUT2D eigenvalue weighted by molar-refractivity contribution is 5.91. The van der Waals surface area contributed by atoms with Gasteiger partial charge >= 0.3 is 6.18 Å². The van der Waals surface area contributed by atoms with E-state index in [1.54, 1.807) is 0 Å². The molecule has 0 aromatic heterocycles. The lowest BCUT2D eigenvalue weighted by molar-refractivity contribution is -0.137. The van der Waals surface area contributed by atoms with E-state index in [1.165, 1.54) is 42.7 Å². The lowest BCUT2D eigenvalue weighted by Gasteiger charge is -2.17. The number of benzene rings is 2. The first-order chi connectivity index (χ1) is 13.4. The molecule has 1 amide bonds. The summed E-state index contributed by atoms with van der Waals surface area (Å²) in [6, 6.07) is 12.9. The van der Waals surface area contributed by atoms with Crippen molar-refractivity contribution in [2.75, 3.05) is 13.1 Å². The van der Waals surface area contributed by atoms with Gasteiger partial charge in [0, 0.05) is 19.2 Å². The Morgan fingerprint density at radius 3 is 2.46 bits per heavy atom. The van der Waals surface area contributed by atoms with E-state index in [0.717, 1.165) is 37.3 Å². The molecule has 1 N–H and O–H groups in total. The Kier molecular flexibility index (Phi) is 6.52. The second-order valence-corrected chi connectivity index (χ2v) is 6.93. The van der Waals surface area contributed by atoms with Gasteiger partial charge in [-0.2, -0.15) is 13.2 Å². The van der Waals surface area contributed by atoms with Crippen LogP contribution in [0.25, 0.3) is 6.08 Å². The highest BCUT2D eigenvalue weighted by Crippen LogP contribution is 2.29. The van der Waals surface area contributed by atoms with Gasteiger partial charge in [-0.05, 0) is 60.8 Å². The van der Waals surface area contributed by atoms with Crippen LogP contribution in [-0.4, -0.2) is 23.9 Å². The number of hydrogen-bond acceptors (Lipinski definition) is 2. The monoisotopic (exact) mass is 388 g/mol. The van der Waals surface area contributed by atoms with E-state index in [-0.39, 0.29) is 5.91 Å². The number of likely N-dealkylation sites (tertiary alicyclic amines) is 1. The van der Waals surface area contributed by atoms with Gasteiger partial charge in [-0.1, -0.05) is 36.4 Å². The minimum absolute atomic E-state index is 0.333. The Bertz CT molecular complexity index is 840. The number of carbonyl (C=O) groups excluding carboxylic acids is 1. The van der Waals surface area contributed by atoms with Crippen LogP contribution in [0.3, 0.4) is 0 Å². The summed E-state index contributed by atoms with van der Waals surface area (Å²) in [5, 5.41) is 2.81. The van der Waals surface area contributed by atoms with Crippen LogP contribution in [0.2, 0.25) is 0 Å². The zero-order chi connectivity index (χ0) is 20.0. The van der Waals surface area contributed by atoms with Gasteiger partial charge in [-0.3, -0.25) is 9.69 Å². The van der Waals surface area contributed by atoms with Crippen LogP contribution < -0.4 is 5.32 Å². The van der Waals surface area contributed by atoms with E-state index in [1.807, 2.05) is 18.2 Å². The number of carbonyl (C=O) groups is 1. The van der Waals surface area contributed by atoms with Crippen molar-refractivity contribution in [3.05, 3.63) is 76.9 Å². The normalized spacial score (nSPS) is 15.2. The fourth-order valence-corrected chi connectivity index (χ4v) is 3.30. The molecule has 0 aliphatic carbocycles. The van der Waals surface area contributed by atoms with E-state index in [0.29, 0.717) is 12.1 Å². The maximum Gasteiger partial charge on any atom is 0.416 e. The molecule has 1 aliphatic heterocycles. The van der Waals surface area contributed by atoms with E-state index in [9.17, 15) is 18.0 Å². The molecule has 1 fully saturated rings. The smallest absolute Gasteiger partial charge is 0.348 e. The largest absolute Gasteiger partial charge is 0.416 e. The molecule has 0 spiro atoms. The number of hydrogen-bond donors (Lipinski definition) is 1. The molecule has 2 aromatic rings. The molecule has 148 valence electrons. The number of rotatable bonds is 6. The summed E-state index contributed by atoms with van der Waals surface area (Å²) in [6.45, 7) is 3.45. The molecule has 3 rings (SSSR count). The summed E-state index contributed by atoms with van der Waals surface area (Å²) in [4.78, 5) is 14.5. The van der Waals surface area contributed by atoms with Crippen molar-refractivity contribution >= 4 is 12.0 Å². The van der Waals surface area contributed by atoms with Gasteiger partial charge in [-0.15, -0.1) is 0 Å². The Morgan fingerprint density at radius 2 is 1.75 bits per heavy atom. The van der Waals surface area contributed by atoms with Gasteiger partial charge in [0.2, 0.25) is 5.91 Å². The van der Waals surface area contributed by atoms with Crippen LogP contribution in [0.1, 0.15) is 35.1 Å². The first-order valence-electron chi connectivity index (χ1n) is 9.34. The van der Waals surface area contributed by atoms with Crippen molar-refractivity contribution in [3.63, 3.8) is 0 Å². The molecular weight excluding hydrogens is 365 g/mol. The maximum absolute atomic E-state index is 12.8. The molecule has 0 saturated carbocycles. The van der Waals surface area contributed by atoms with E-state index in [2.05, 4.69) is 16.3 Å². The molecule has 2 aromatic carbocycles. The molecule has 1 saturated heterocycles. The first-order valence-corrected chi connectivity index (χ1v) is 9.34. The molecule has 3 nitrogen and oxygen atoms in total. The van der Waals surface area contributed by atoms with Gasteiger partial charge in [-0.25, -0.2) is 0 Å². The van der Waals surface area contributed by atoms with Gasteiger partial charge in [0.15, 0.2) is 0 Å². The SMILES string of the molecule is O=C(/C=C/c1cccc(C(F)(F)F)c1)NCc1ccccc1CN1CCCC1. The quantitative estimate of drug-likeness (QED) is 0.732. The number of halogens is 3.